The van der Waals surface area contributed by atoms with Crippen LogP contribution in [-0.4, -0.2) is 43.6 Å². The molecule has 2 N–H and O–H groups in total. The zero-order valence-corrected chi connectivity index (χ0v) is 9.99. The molecule has 0 aliphatic carbocycles. The molecule has 0 aromatic rings. The maximum absolute atomic E-state index is 11.1. The summed E-state index contributed by atoms with van der Waals surface area (Å²) in [5, 5.41) is 0. The number of guanidine groups is 1. The molecule has 0 rings (SSSR count). The number of aliphatic imine (C=N–C) groups is 1. The lowest BCUT2D eigenvalue weighted by Gasteiger charge is -2.10. The first kappa shape index (κ1) is 13.7. The molecule has 0 saturated carbocycles. The van der Waals surface area contributed by atoms with E-state index >= 15 is 0 Å². The molecule has 0 fully saturated rings. The molecule has 0 aliphatic heterocycles. The summed E-state index contributed by atoms with van der Waals surface area (Å²) in [6.07, 6.45) is 1.01. The minimum atomic E-state index is -0.177. The molecule has 0 spiro atoms. The van der Waals surface area contributed by atoms with Gasteiger partial charge in [0.25, 0.3) is 0 Å². The van der Waals surface area contributed by atoms with Crippen LogP contribution in [0.2, 0.25) is 0 Å². The molecule has 0 amide bonds. The third-order valence-electron chi connectivity index (χ3n) is 1.64. The minimum absolute atomic E-state index is 0.0483. The van der Waals surface area contributed by atoms with E-state index in [2.05, 4.69) is 4.99 Å². The van der Waals surface area contributed by atoms with Gasteiger partial charge < -0.3 is 15.4 Å². The van der Waals surface area contributed by atoms with Gasteiger partial charge in [-0.3, -0.25) is 9.79 Å². The quantitative estimate of drug-likeness (QED) is 0.315. The zero-order chi connectivity index (χ0) is 11.8. The molecule has 0 bridgehead atoms. The fourth-order valence-electron chi connectivity index (χ4n) is 0.880. The first-order valence-corrected chi connectivity index (χ1v) is 5.10. The largest absolute Gasteiger partial charge is 0.463 e. The van der Waals surface area contributed by atoms with Gasteiger partial charge in [0.15, 0.2) is 5.96 Å². The van der Waals surface area contributed by atoms with Crippen LogP contribution in [0.1, 0.15) is 26.7 Å². The van der Waals surface area contributed by atoms with E-state index in [0.717, 1.165) is 0 Å². The standard InChI is InChI=1S/C10H21N3O2/c1-8(2)15-9(14)6-5-7-12-10(11)13(3)4/h8H,5-7H2,1-4H3,(H2,11,12). The van der Waals surface area contributed by atoms with Crippen molar-refractivity contribution >= 4 is 11.9 Å². The molecule has 0 aliphatic rings. The molecule has 15 heavy (non-hydrogen) atoms. The summed E-state index contributed by atoms with van der Waals surface area (Å²) < 4.78 is 4.98. The summed E-state index contributed by atoms with van der Waals surface area (Å²) in [5.41, 5.74) is 5.57. The highest BCUT2D eigenvalue weighted by Gasteiger charge is 2.04. The van der Waals surface area contributed by atoms with Gasteiger partial charge in [0.1, 0.15) is 0 Å². The van der Waals surface area contributed by atoms with Gasteiger partial charge in [-0.05, 0) is 20.3 Å². The summed E-state index contributed by atoms with van der Waals surface area (Å²) >= 11 is 0. The van der Waals surface area contributed by atoms with Gasteiger partial charge in [0.05, 0.1) is 6.10 Å². The SMILES string of the molecule is CC(C)OC(=O)CCCN=C(N)N(C)C. The molecule has 0 aromatic carbocycles. The number of hydrogen-bond donors (Lipinski definition) is 1. The van der Waals surface area contributed by atoms with Crippen LogP contribution in [0, 0.1) is 0 Å². The van der Waals surface area contributed by atoms with E-state index in [0.29, 0.717) is 25.3 Å². The molecule has 0 saturated heterocycles. The molecule has 5 heteroatoms. The lowest BCUT2D eigenvalue weighted by atomic mass is 10.3. The van der Waals surface area contributed by atoms with Crippen LogP contribution in [0.5, 0.6) is 0 Å². The number of esters is 1. The highest BCUT2D eigenvalue weighted by Crippen LogP contribution is 1.97. The van der Waals surface area contributed by atoms with Crippen LogP contribution in [0.3, 0.4) is 0 Å². The second-order valence-corrected chi connectivity index (χ2v) is 3.78. The average Bonchev–Trinajstić information content (AvgIpc) is 2.10. The van der Waals surface area contributed by atoms with Gasteiger partial charge in [0, 0.05) is 27.1 Å². The summed E-state index contributed by atoms with van der Waals surface area (Å²) in [6, 6.07) is 0. The van der Waals surface area contributed by atoms with Crippen molar-refractivity contribution in [1.82, 2.24) is 4.90 Å². The Hall–Kier alpha value is -1.26. The maximum Gasteiger partial charge on any atom is 0.306 e. The molecule has 0 unspecified atom stereocenters. The van der Waals surface area contributed by atoms with Crippen LogP contribution in [-0.2, 0) is 9.53 Å². The number of carbonyl (C=O) groups excluding carboxylic acids is 1. The van der Waals surface area contributed by atoms with E-state index in [4.69, 9.17) is 10.5 Å². The Bertz CT molecular complexity index is 225. The third-order valence-corrected chi connectivity index (χ3v) is 1.64. The smallest absolute Gasteiger partial charge is 0.306 e. The lowest BCUT2D eigenvalue weighted by Crippen LogP contribution is -2.30. The summed E-state index contributed by atoms with van der Waals surface area (Å²) in [4.78, 5) is 16.9. The van der Waals surface area contributed by atoms with Crippen molar-refractivity contribution in [3.05, 3.63) is 0 Å². The second kappa shape index (κ2) is 7.09. The van der Waals surface area contributed by atoms with Crippen LogP contribution in [0.15, 0.2) is 4.99 Å². The molecule has 5 nitrogen and oxygen atoms in total. The number of carbonyl (C=O) groups is 1. The van der Waals surface area contributed by atoms with Crippen molar-refractivity contribution in [2.24, 2.45) is 10.7 Å². The van der Waals surface area contributed by atoms with Crippen molar-refractivity contribution in [2.75, 3.05) is 20.6 Å². The number of rotatable bonds is 5. The molecule has 0 heterocycles. The molecular weight excluding hydrogens is 194 g/mol. The fourth-order valence-corrected chi connectivity index (χ4v) is 0.880. The number of nitrogens with two attached hydrogens (primary N) is 1. The number of nitrogens with zero attached hydrogens (tertiary/aromatic N) is 2. The van der Waals surface area contributed by atoms with Crippen molar-refractivity contribution in [3.8, 4) is 0 Å². The Morgan fingerprint density at radius 1 is 1.47 bits per heavy atom. The number of ether oxygens (including phenoxy) is 1. The maximum atomic E-state index is 11.1. The molecule has 0 radical (unpaired) electrons. The van der Waals surface area contributed by atoms with E-state index < -0.39 is 0 Å². The number of hydrogen-bond acceptors (Lipinski definition) is 3. The zero-order valence-electron chi connectivity index (χ0n) is 9.99. The lowest BCUT2D eigenvalue weighted by molar-refractivity contribution is -0.147. The fraction of sp³-hybridized carbons (Fsp3) is 0.800. The summed E-state index contributed by atoms with van der Waals surface area (Å²) in [6.45, 7) is 4.22. The Kier molecular flexibility index (Phi) is 6.49. The van der Waals surface area contributed by atoms with Gasteiger partial charge in [0.2, 0.25) is 0 Å². The summed E-state index contributed by atoms with van der Waals surface area (Å²) in [5.74, 6) is 0.302. The molecule has 88 valence electrons. The normalized spacial score (nSPS) is 11.7. The predicted molar refractivity (Wildman–Crippen MR) is 60.6 cm³/mol. The molecular formula is C10H21N3O2. The van der Waals surface area contributed by atoms with E-state index in [1.807, 2.05) is 27.9 Å². The van der Waals surface area contributed by atoms with Crippen LogP contribution in [0.25, 0.3) is 0 Å². The van der Waals surface area contributed by atoms with Gasteiger partial charge in [-0.1, -0.05) is 0 Å². The molecule has 0 aromatic heterocycles. The van der Waals surface area contributed by atoms with Gasteiger partial charge in [-0.15, -0.1) is 0 Å². The van der Waals surface area contributed by atoms with Crippen LogP contribution < -0.4 is 5.73 Å². The van der Waals surface area contributed by atoms with Crippen molar-refractivity contribution < 1.29 is 9.53 Å². The van der Waals surface area contributed by atoms with Crippen molar-refractivity contribution in [3.63, 3.8) is 0 Å². The Morgan fingerprint density at radius 2 is 2.07 bits per heavy atom. The second-order valence-electron chi connectivity index (χ2n) is 3.78. The first-order valence-electron chi connectivity index (χ1n) is 5.10. The van der Waals surface area contributed by atoms with E-state index in [1.54, 1.807) is 4.90 Å². The monoisotopic (exact) mass is 215 g/mol. The first-order chi connectivity index (χ1) is 6.93. The van der Waals surface area contributed by atoms with Crippen molar-refractivity contribution in [1.29, 1.82) is 0 Å². The van der Waals surface area contributed by atoms with Crippen LogP contribution >= 0.6 is 0 Å². The Morgan fingerprint density at radius 3 is 2.53 bits per heavy atom. The topological polar surface area (TPSA) is 67.9 Å². The highest BCUT2D eigenvalue weighted by molar-refractivity contribution is 5.77. The third kappa shape index (κ3) is 7.78. The Balaban J connectivity index is 3.63. The van der Waals surface area contributed by atoms with E-state index in [1.165, 1.54) is 0 Å². The van der Waals surface area contributed by atoms with Gasteiger partial charge in [-0.25, -0.2) is 0 Å². The molecule has 0 atom stereocenters. The predicted octanol–water partition coefficient (Wildman–Crippen LogP) is 0.595. The summed E-state index contributed by atoms with van der Waals surface area (Å²) in [7, 11) is 3.65. The highest BCUT2D eigenvalue weighted by atomic mass is 16.5. The van der Waals surface area contributed by atoms with Gasteiger partial charge >= 0.3 is 5.97 Å². The average molecular weight is 215 g/mol. The van der Waals surface area contributed by atoms with Crippen LogP contribution in [0.4, 0.5) is 0 Å². The van der Waals surface area contributed by atoms with E-state index in [9.17, 15) is 4.79 Å². The van der Waals surface area contributed by atoms with Gasteiger partial charge in [-0.2, -0.15) is 0 Å². The van der Waals surface area contributed by atoms with Crippen molar-refractivity contribution in [2.45, 2.75) is 32.8 Å². The Labute approximate surface area is 91.3 Å². The van der Waals surface area contributed by atoms with E-state index in [-0.39, 0.29) is 12.1 Å². The minimum Gasteiger partial charge on any atom is -0.463 e.